The molecule has 0 spiro atoms. The predicted octanol–water partition coefficient (Wildman–Crippen LogP) is 3.15. The molecule has 0 radical (unpaired) electrons. The van der Waals surface area contributed by atoms with Crippen molar-refractivity contribution in [1.82, 2.24) is 0 Å². The van der Waals surface area contributed by atoms with Gasteiger partial charge < -0.3 is 5.11 Å². The highest BCUT2D eigenvalue weighted by molar-refractivity contribution is 5.90. The van der Waals surface area contributed by atoms with E-state index in [0.29, 0.717) is 11.5 Å². The number of carbonyl (C=O) groups is 1. The summed E-state index contributed by atoms with van der Waals surface area (Å²) in [7, 11) is 0. The van der Waals surface area contributed by atoms with Crippen molar-refractivity contribution in [3.63, 3.8) is 0 Å². The molecule has 0 heterocycles. The lowest BCUT2D eigenvalue weighted by molar-refractivity contribution is -0.133. The number of hydrogen-bond acceptors (Lipinski definition) is 1. The summed E-state index contributed by atoms with van der Waals surface area (Å²) in [5, 5.41) is 9.17. The third-order valence-corrected chi connectivity index (χ3v) is 3.53. The molecular weight excluding hydrogens is 188 g/mol. The van der Waals surface area contributed by atoms with Crippen LogP contribution in [0.15, 0.2) is 23.3 Å². The molecule has 0 amide bonds. The molecule has 0 saturated carbocycles. The molecule has 2 aliphatic carbocycles. The first-order valence-electron chi connectivity index (χ1n) is 5.88. The van der Waals surface area contributed by atoms with E-state index in [-0.39, 0.29) is 5.92 Å². The summed E-state index contributed by atoms with van der Waals surface area (Å²) in [4.78, 5) is 11.1. The average molecular weight is 206 g/mol. The SMILES string of the molecule is CCCCCC1=C(C(=O)O)C2C=CC1C2. The summed E-state index contributed by atoms with van der Waals surface area (Å²) >= 11 is 0. The van der Waals surface area contributed by atoms with Crippen LogP contribution >= 0.6 is 0 Å². The number of fused-ring (bicyclic) bond motifs is 2. The van der Waals surface area contributed by atoms with Gasteiger partial charge in [-0.05, 0) is 25.2 Å². The van der Waals surface area contributed by atoms with Crippen LogP contribution in [-0.4, -0.2) is 11.1 Å². The number of allylic oxidation sites excluding steroid dienone is 3. The Morgan fingerprint density at radius 1 is 1.40 bits per heavy atom. The predicted molar refractivity (Wildman–Crippen MR) is 59.5 cm³/mol. The van der Waals surface area contributed by atoms with Gasteiger partial charge in [-0.1, -0.05) is 37.5 Å². The van der Waals surface area contributed by atoms with E-state index in [1.807, 2.05) is 0 Å². The Morgan fingerprint density at radius 2 is 2.13 bits per heavy atom. The molecule has 0 aromatic carbocycles. The second-order valence-electron chi connectivity index (χ2n) is 4.53. The van der Waals surface area contributed by atoms with Gasteiger partial charge in [-0.3, -0.25) is 0 Å². The van der Waals surface area contributed by atoms with Gasteiger partial charge in [0.1, 0.15) is 0 Å². The van der Waals surface area contributed by atoms with Crippen LogP contribution in [-0.2, 0) is 4.79 Å². The second-order valence-corrected chi connectivity index (χ2v) is 4.53. The van der Waals surface area contributed by atoms with E-state index >= 15 is 0 Å². The van der Waals surface area contributed by atoms with E-state index in [4.69, 9.17) is 0 Å². The summed E-state index contributed by atoms with van der Waals surface area (Å²) in [6.07, 6.45) is 9.80. The zero-order valence-electron chi connectivity index (χ0n) is 9.20. The van der Waals surface area contributed by atoms with Crippen LogP contribution in [0.5, 0.6) is 0 Å². The van der Waals surface area contributed by atoms with Crippen LogP contribution < -0.4 is 0 Å². The average Bonchev–Trinajstić information content (AvgIpc) is 2.77. The highest BCUT2D eigenvalue weighted by Crippen LogP contribution is 2.45. The zero-order chi connectivity index (χ0) is 10.8. The Hall–Kier alpha value is -1.05. The smallest absolute Gasteiger partial charge is 0.332 e. The maximum atomic E-state index is 11.1. The number of carboxylic acids is 1. The van der Waals surface area contributed by atoms with Gasteiger partial charge in [0, 0.05) is 11.5 Å². The van der Waals surface area contributed by atoms with Crippen LogP contribution in [0.2, 0.25) is 0 Å². The van der Waals surface area contributed by atoms with E-state index in [0.717, 1.165) is 19.3 Å². The van der Waals surface area contributed by atoms with Crippen LogP contribution in [0, 0.1) is 11.8 Å². The van der Waals surface area contributed by atoms with Gasteiger partial charge in [0.05, 0.1) is 0 Å². The number of hydrogen-bond donors (Lipinski definition) is 1. The van der Waals surface area contributed by atoms with Crippen LogP contribution in [0.1, 0.15) is 39.0 Å². The minimum atomic E-state index is -0.696. The molecule has 2 bridgehead atoms. The van der Waals surface area contributed by atoms with Crippen molar-refractivity contribution >= 4 is 5.97 Å². The molecule has 0 saturated heterocycles. The number of rotatable bonds is 5. The molecule has 2 rings (SSSR count). The number of aliphatic carboxylic acids is 1. The fourth-order valence-electron chi connectivity index (χ4n) is 2.79. The van der Waals surface area contributed by atoms with Gasteiger partial charge in [-0.25, -0.2) is 4.79 Å². The van der Waals surface area contributed by atoms with Crippen molar-refractivity contribution in [2.45, 2.75) is 39.0 Å². The summed E-state index contributed by atoms with van der Waals surface area (Å²) in [6, 6.07) is 0. The molecular formula is C13H18O2. The monoisotopic (exact) mass is 206 g/mol. The first-order valence-corrected chi connectivity index (χ1v) is 5.88. The van der Waals surface area contributed by atoms with Gasteiger partial charge in [0.2, 0.25) is 0 Å². The zero-order valence-corrected chi connectivity index (χ0v) is 9.20. The minimum absolute atomic E-state index is 0.212. The quantitative estimate of drug-likeness (QED) is 0.554. The topological polar surface area (TPSA) is 37.3 Å². The summed E-state index contributed by atoms with van der Waals surface area (Å²) in [5.41, 5.74) is 1.92. The van der Waals surface area contributed by atoms with Gasteiger partial charge in [-0.15, -0.1) is 0 Å². The van der Waals surface area contributed by atoms with Crippen LogP contribution in [0.4, 0.5) is 0 Å². The van der Waals surface area contributed by atoms with E-state index in [1.54, 1.807) is 0 Å². The molecule has 0 fully saturated rings. The van der Waals surface area contributed by atoms with Crippen molar-refractivity contribution in [2.75, 3.05) is 0 Å². The van der Waals surface area contributed by atoms with E-state index in [2.05, 4.69) is 19.1 Å². The number of unbranched alkanes of at least 4 members (excludes halogenated alkanes) is 2. The fraction of sp³-hybridized carbons (Fsp3) is 0.615. The molecule has 2 aliphatic rings. The van der Waals surface area contributed by atoms with Crippen molar-refractivity contribution < 1.29 is 9.90 Å². The maximum absolute atomic E-state index is 11.1. The van der Waals surface area contributed by atoms with Gasteiger partial charge >= 0.3 is 5.97 Å². The minimum Gasteiger partial charge on any atom is -0.478 e. The van der Waals surface area contributed by atoms with E-state index in [9.17, 15) is 9.90 Å². The van der Waals surface area contributed by atoms with Gasteiger partial charge in [-0.2, -0.15) is 0 Å². The summed E-state index contributed by atoms with van der Waals surface area (Å²) in [6.45, 7) is 2.17. The molecule has 0 aromatic heterocycles. The molecule has 2 heteroatoms. The Labute approximate surface area is 90.7 Å². The summed E-state index contributed by atoms with van der Waals surface area (Å²) < 4.78 is 0. The van der Waals surface area contributed by atoms with Crippen molar-refractivity contribution in [2.24, 2.45) is 11.8 Å². The number of carboxylic acid groups (broad SMARTS) is 1. The first kappa shape index (κ1) is 10.5. The Bertz CT molecular complexity index is 325. The van der Waals surface area contributed by atoms with Crippen molar-refractivity contribution in [3.05, 3.63) is 23.3 Å². The lowest BCUT2D eigenvalue weighted by atomic mass is 9.93. The normalized spacial score (nSPS) is 27.8. The van der Waals surface area contributed by atoms with Gasteiger partial charge in [0.25, 0.3) is 0 Å². The molecule has 15 heavy (non-hydrogen) atoms. The van der Waals surface area contributed by atoms with Gasteiger partial charge in [0.15, 0.2) is 0 Å². The van der Waals surface area contributed by atoms with Crippen LogP contribution in [0.3, 0.4) is 0 Å². The van der Waals surface area contributed by atoms with E-state index < -0.39 is 5.97 Å². The molecule has 2 atom stereocenters. The van der Waals surface area contributed by atoms with Crippen molar-refractivity contribution in [3.8, 4) is 0 Å². The molecule has 2 unspecified atom stereocenters. The molecule has 2 nitrogen and oxygen atoms in total. The lowest BCUT2D eigenvalue weighted by Crippen LogP contribution is -2.09. The largest absolute Gasteiger partial charge is 0.478 e. The van der Waals surface area contributed by atoms with Crippen molar-refractivity contribution in [1.29, 1.82) is 0 Å². The Kier molecular flexibility index (Phi) is 2.94. The molecule has 82 valence electrons. The molecule has 1 N–H and O–H groups in total. The Balaban J connectivity index is 2.08. The standard InChI is InChI=1S/C13H18O2/c1-2-3-4-5-11-9-6-7-10(8-9)12(11)13(14)15/h6-7,9-10H,2-5,8H2,1H3,(H,14,15). The highest BCUT2D eigenvalue weighted by Gasteiger charge is 2.37. The summed E-state index contributed by atoms with van der Waals surface area (Å²) in [5.74, 6) is -0.0413. The highest BCUT2D eigenvalue weighted by atomic mass is 16.4. The maximum Gasteiger partial charge on any atom is 0.332 e. The third-order valence-electron chi connectivity index (χ3n) is 3.53. The Morgan fingerprint density at radius 3 is 2.80 bits per heavy atom. The molecule has 0 aromatic rings. The fourth-order valence-corrected chi connectivity index (χ4v) is 2.79. The van der Waals surface area contributed by atoms with Crippen LogP contribution in [0.25, 0.3) is 0 Å². The first-order chi connectivity index (χ1) is 7.24. The second kappa shape index (κ2) is 4.21. The van der Waals surface area contributed by atoms with E-state index in [1.165, 1.54) is 18.4 Å². The third kappa shape index (κ3) is 1.85. The lowest BCUT2D eigenvalue weighted by Gasteiger charge is -2.12. The molecule has 0 aliphatic heterocycles.